The summed E-state index contributed by atoms with van der Waals surface area (Å²) in [7, 11) is 0. The van der Waals surface area contributed by atoms with Gasteiger partial charge >= 0.3 is 0 Å². The molecule has 4 rings (SSSR count). The Hall–Kier alpha value is -0.340. The van der Waals surface area contributed by atoms with Gasteiger partial charge in [0.1, 0.15) is 0 Å². The van der Waals surface area contributed by atoms with Crippen LogP contribution in [0.5, 0.6) is 0 Å². The SMILES string of the molecule is C[C@]12CCC=CC1CC[C@@H]1[C@@H]2CC[C@]2(C)C(O)C(O)C[C@@H]12. The Kier molecular flexibility index (Phi) is 3.11. The fourth-order valence-electron chi connectivity index (χ4n) is 6.81. The molecule has 21 heavy (non-hydrogen) atoms. The van der Waals surface area contributed by atoms with Crippen molar-refractivity contribution < 1.29 is 10.2 Å². The molecule has 3 unspecified atom stereocenters. The molecular formula is C19H30O2. The van der Waals surface area contributed by atoms with Gasteiger partial charge in [0.25, 0.3) is 0 Å². The molecule has 0 heterocycles. The van der Waals surface area contributed by atoms with E-state index >= 15 is 0 Å². The Labute approximate surface area is 128 Å². The minimum Gasteiger partial charge on any atom is -0.390 e. The summed E-state index contributed by atoms with van der Waals surface area (Å²) in [6.45, 7) is 4.77. The summed E-state index contributed by atoms with van der Waals surface area (Å²) in [6, 6.07) is 0. The highest BCUT2D eigenvalue weighted by Crippen LogP contribution is 2.65. The van der Waals surface area contributed by atoms with Crippen LogP contribution in [0, 0.1) is 34.5 Å². The van der Waals surface area contributed by atoms with Gasteiger partial charge in [-0.1, -0.05) is 26.0 Å². The average molecular weight is 290 g/mol. The molecule has 0 aromatic rings. The summed E-state index contributed by atoms with van der Waals surface area (Å²) in [4.78, 5) is 0. The van der Waals surface area contributed by atoms with Crippen molar-refractivity contribution in [1.82, 2.24) is 0 Å². The standard InChI is InChI=1S/C19H30O2/c1-18-9-4-3-5-12(18)6-7-13-14(18)8-10-19(2)15(13)11-16(20)17(19)21/h3,5,12-17,20-21H,4,6-11H2,1-2H3/t12?,13-,14+,15+,16?,17?,18+,19+/m1/s1. The van der Waals surface area contributed by atoms with E-state index in [-0.39, 0.29) is 5.41 Å². The fourth-order valence-corrected chi connectivity index (χ4v) is 6.81. The van der Waals surface area contributed by atoms with E-state index in [1.807, 2.05) is 0 Å². The highest BCUT2D eigenvalue weighted by atomic mass is 16.3. The van der Waals surface area contributed by atoms with Crippen LogP contribution >= 0.6 is 0 Å². The van der Waals surface area contributed by atoms with Gasteiger partial charge in [-0.15, -0.1) is 0 Å². The molecule has 4 aliphatic rings. The molecule has 0 saturated heterocycles. The predicted octanol–water partition coefficient (Wildman–Crippen LogP) is 3.53. The zero-order valence-corrected chi connectivity index (χ0v) is 13.5. The van der Waals surface area contributed by atoms with Crippen molar-refractivity contribution in [1.29, 1.82) is 0 Å². The van der Waals surface area contributed by atoms with Gasteiger partial charge in [-0.3, -0.25) is 0 Å². The Morgan fingerprint density at radius 2 is 1.76 bits per heavy atom. The van der Waals surface area contributed by atoms with Gasteiger partial charge in [0.15, 0.2) is 0 Å². The Morgan fingerprint density at radius 3 is 2.57 bits per heavy atom. The molecule has 2 N–H and O–H groups in total. The summed E-state index contributed by atoms with van der Waals surface area (Å²) in [5.41, 5.74) is 0.436. The smallest absolute Gasteiger partial charge is 0.0855 e. The molecule has 3 saturated carbocycles. The van der Waals surface area contributed by atoms with E-state index in [9.17, 15) is 10.2 Å². The summed E-state index contributed by atoms with van der Waals surface area (Å²) >= 11 is 0. The number of aliphatic hydroxyl groups is 2. The van der Waals surface area contributed by atoms with E-state index in [0.717, 1.165) is 30.6 Å². The Bertz CT molecular complexity index is 458. The molecule has 2 heteroatoms. The van der Waals surface area contributed by atoms with Gasteiger partial charge in [0.05, 0.1) is 12.2 Å². The molecule has 0 bridgehead atoms. The normalized spacial score (nSPS) is 59.2. The molecule has 0 aromatic carbocycles. The van der Waals surface area contributed by atoms with Crippen LogP contribution in [0.3, 0.4) is 0 Å². The first kappa shape index (κ1) is 14.3. The van der Waals surface area contributed by atoms with E-state index in [1.54, 1.807) is 0 Å². The molecule has 118 valence electrons. The maximum Gasteiger partial charge on any atom is 0.0855 e. The number of rotatable bonds is 0. The summed E-state index contributed by atoms with van der Waals surface area (Å²) < 4.78 is 0. The van der Waals surface area contributed by atoms with Gasteiger partial charge in [-0.2, -0.15) is 0 Å². The topological polar surface area (TPSA) is 40.5 Å². The quantitative estimate of drug-likeness (QED) is 0.670. The van der Waals surface area contributed by atoms with E-state index in [4.69, 9.17) is 0 Å². The Balaban J connectivity index is 1.67. The second-order valence-electron chi connectivity index (χ2n) is 8.83. The lowest BCUT2D eigenvalue weighted by Gasteiger charge is -2.59. The molecule has 8 atom stereocenters. The van der Waals surface area contributed by atoms with Crippen LogP contribution < -0.4 is 0 Å². The van der Waals surface area contributed by atoms with Crippen molar-refractivity contribution >= 4 is 0 Å². The van der Waals surface area contributed by atoms with E-state index < -0.39 is 12.2 Å². The van der Waals surface area contributed by atoms with Gasteiger partial charge in [0.2, 0.25) is 0 Å². The zero-order valence-electron chi connectivity index (χ0n) is 13.5. The molecule has 4 aliphatic carbocycles. The first-order chi connectivity index (χ1) is 9.97. The first-order valence-corrected chi connectivity index (χ1v) is 8.99. The van der Waals surface area contributed by atoms with Crippen molar-refractivity contribution in [3.63, 3.8) is 0 Å². The molecular weight excluding hydrogens is 260 g/mol. The first-order valence-electron chi connectivity index (χ1n) is 8.99. The van der Waals surface area contributed by atoms with Gasteiger partial charge < -0.3 is 10.2 Å². The van der Waals surface area contributed by atoms with Gasteiger partial charge in [-0.05, 0) is 79.4 Å². The van der Waals surface area contributed by atoms with E-state index in [0.29, 0.717) is 11.3 Å². The monoisotopic (exact) mass is 290 g/mol. The second-order valence-corrected chi connectivity index (χ2v) is 8.83. The molecule has 0 aliphatic heterocycles. The minimum absolute atomic E-state index is 0.0334. The third-order valence-corrected chi connectivity index (χ3v) is 8.13. The summed E-state index contributed by atoms with van der Waals surface area (Å²) in [5.74, 6) is 2.83. The molecule has 0 radical (unpaired) electrons. The van der Waals surface area contributed by atoms with Gasteiger partial charge in [-0.25, -0.2) is 0 Å². The summed E-state index contributed by atoms with van der Waals surface area (Å²) in [5, 5.41) is 20.7. The fraction of sp³-hybridized carbons (Fsp3) is 0.895. The number of allylic oxidation sites excluding steroid dienone is 2. The zero-order chi connectivity index (χ0) is 14.8. The van der Waals surface area contributed by atoms with Crippen LogP contribution in [0.4, 0.5) is 0 Å². The van der Waals surface area contributed by atoms with E-state index in [1.165, 1.54) is 32.1 Å². The van der Waals surface area contributed by atoms with Crippen molar-refractivity contribution in [2.45, 2.75) is 71.0 Å². The lowest BCUT2D eigenvalue weighted by molar-refractivity contribution is -0.109. The minimum atomic E-state index is -0.500. The van der Waals surface area contributed by atoms with Crippen LogP contribution in [0.1, 0.15) is 58.8 Å². The van der Waals surface area contributed by atoms with E-state index in [2.05, 4.69) is 26.0 Å². The number of hydrogen-bond donors (Lipinski definition) is 2. The molecule has 0 aromatic heterocycles. The second kappa shape index (κ2) is 4.58. The number of hydrogen-bond acceptors (Lipinski definition) is 2. The van der Waals surface area contributed by atoms with Crippen LogP contribution in [0.15, 0.2) is 12.2 Å². The van der Waals surface area contributed by atoms with Crippen LogP contribution in [0.2, 0.25) is 0 Å². The van der Waals surface area contributed by atoms with Crippen LogP contribution in [-0.2, 0) is 0 Å². The largest absolute Gasteiger partial charge is 0.390 e. The predicted molar refractivity (Wildman–Crippen MR) is 83.6 cm³/mol. The van der Waals surface area contributed by atoms with Crippen molar-refractivity contribution in [2.75, 3.05) is 0 Å². The summed E-state index contributed by atoms with van der Waals surface area (Å²) in [6.07, 6.45) is 12.3. The van der Waals surface area contributed by atoms with Crippen molar-refractivity contribution in [3.05, 3.63) is 12.2 Å². The highest BCUT2D eigenvalue weighted by Gasteiger charge is 2.61. The highest BCUT2D eigenvalue weighted by molar-refractivity contribution is 5.14. The maximum atomic E-state index is 10.5. The van der Waals surface area contributed by atoms with Crippen molar-refractivity contribution in [3.8, 4) is 0 Å². The molecule has 0 spiro atoms. The maximum absolute atomic E-state index is 10.5. The van der Waals surface area contributed by atoms with Crippen LogP contribution in [-0.4, -0.2) is 22.4 Å². The average Bonchev–Trinajstić information content (AvgIpc) is 2.70. The third-order valence-electron chi connectivity index (χ3n) is 8.13. The third kappa shape index (κ3) is 1.78. The number of fused-ring (bicyclic) bond motifs is 5. The number of aliphatic hydroxyl groups excluding tert-OH is 2. The molecule has 3 fully saturated rings. The molecule has 2 nitrogen and oxygen atoms in total. The lowest BCUT2D eigenvalue weighted by atomic mass is 9.46. The van der Waals surface area contributed by atoms with Crippen LogP contribution in [0.25, 0.3) is 0 Å². The lowest BCUT2D eigenvalue weighted by Crippen LogP contribution is -2.52. The molecule has 0 amide bonds. The Morgan fingerprint density at radius 1 is 0.952 bits per heavy atom. The van der Waals surface area contributed by atoms with Gasteiger partial charge in [0, 0.05) is 0 Å². The van der Waals surface area contributed by atoms with Crippen molar-refractivity contribution in [2.24, 2.45) is 34.5 Å².